The summed E-state index contributed by atoms with van der Waals surface area (Å²) in [5.74, 6) is 0.389. The van der Waals surface area contributed by atoms with Gasteiger partial charge in [-0.25, -0.2) is 10.4 Å². The van der Waals surface area contributed by atoms with Crippen molar-refractivity contribution < 1.29 is 19.1 Å². The zero-order valence-electron chi connectivity index (χ0n) is 20.2. The van der Waals surface area contributed by atoms with E-state index in [1.54, 1.807) is 12.1 Å². The number of hydrogen-bond donors (Lipinski definition) is 1. The molecule has 1 heterocycles. The zero-order valence-corrected chi connectivity index (χ0v) is 20.2. The zero-order chi connectivity index (χ0) is 23.6. The van der Waals surface area contributed by atoms with Gasteiger partial charge >= 0.3 is 0 Å². The summed E-state index contributed by atoms with van der Waals surface area (Å²) < 4.78 is 11.4. The molecule has 0 aromatic heterocycles. The van der Waals surface area contributed by atoms with Crippen LogP contribution in [0.1, 0.15) is 71.5 Å². The first-order valence-corrected chi connectivity index (χ1v) is 11.2. The van der Waals surface area contributed by atoms with E-state index in [2.05, 4.69) is 26.2 Å². The summed E-state index contributed by atoms with van der Waals surface area (Å²) in [5.41, 5.74) is 6.58. The van der Waals surface area contributed by atoms with Crippen LogP contribution in [0.4, 0.5) is 0 Å². The Labute approximate surface area is 190 Å². The maximum atomic E-state index is 13.8. The van der Waals surface area contributed by atoms with Crippen LogP contribution < -0.4 is 14.9 Å². The fourth-order valence-corrected chi connectivity index (χ4v) is 4.10. The van der Waals surface area contributed by atoms with Crippen molar-refractivity contribution in [3.05, 3.63) is 58.1 Å². The number of amides is 2. The van der Waals surface area contributed by atoms with Gasteiger partial charge in [-0.3, -0.25) is 9.59 Å². The predicted octanol–water partition coefficient (Wildman–Crippen LogP) is 4.99. The van der Waals surface area contributed by atoms with Crippen LogP contribution in [0.3, 0.4) is 0 Å². The molecule has 6 heteroatoms. The molecular weight excluding hydrogens is 404 g/mol. The van der Waals surface area contributed by atoms with Crippen molar-refractivity contribution in [3.8, 4) is 11.5 Å². The Balaban J connectivity index is 2.05. The van der Waals surface area contributed by atoms with Gasteiger partial charge in [-0.2, -0.15) is 0 Å². The van der Waals surface area contributed by atoms with E-state index in [0.29, 0.717) is 41.4 Å². The lowest BCUT2D eigenvalue weighted by Crippen LogP contribution is -2.55. The molecule has 6 nitrogen and oxygen atoms in total. The van der Waals surface area contributed by atoms with Crippen LogP contribution in [0.2, 0.25) is 0 Å². The molecule has 2 aromatic rings. The topological polar surface area (TPSA) is 67.9 Å². The third-order valence-electron chi connectivity index (χ3n) is 5.80. The van der Waals surface area contributed by atoms with Gasteiger partial charge in [0.15, 0.2) is 11.5 Å². The summed E-state index contributed by atoms with van der Waals surface area (Å²) in [7, 11) is 0. The molecule has 0 saturated heterocycles. The molecule has 1 aliphatic heterocycles. The smallest absolute Gasteiger partial charge is 0.275 e. The van der Waals surface area contributed by atoms with Gasteiger partial charge < -0.3 is 9.47 Å². The highest BCUT2D eigenvalue weighted by molar-refractivity contribution is 6.10. The molecule has 1 atom stereocenters. The molecule has 3 rings (SSSR count). The number of imide groups is 1. The first kappa shape index (κ1) is 23.8. The molecule has 0 aliphatic carbocycles. The summed E-state index contributed by atoms with van der Waals surface area (Å²) in [6.07, 6.45) is 0.757. The molecule has 0 fully saturated rings. The second-order valence-corrected chi connectivity index (χ2v) is 9.54. The van der Waals surface area contributed by atoms with E-state index in [4.69, 9.17) is 9.47 Å². The lowest BCUT2D eigenvalue weighted by molar-refractivity contribution is 0.0429. The summed E-state index contributed by atoms with van der Waals surface area (Å²) in [5, 5.41) is 1.17. The van der Waals surface area contributed by atoms with Crippen LogP contribution in [0.5, 0.6) is 11.5 Å². The van der Waals surface area contributed by atoms with Crippen LogP contribution in [0.25, 0.3) is 0 Å². The Morgan fingerprint density at radius 1 is 1.00 bits per heavy atom. The highest BCUT2D eigenvalue weighted by Crippen LogP contribution is 2.36. The number of rotatable bonds is 5. The van der Waals surface area contributed by atoms with Gasteiger partial charge in [0.2, 0.25) is 0 Å². The van der Waals surface area contributed by atoms with Crippen molar-refractivity contribution in [3.63, 3.8) is 0 Å². The number of carbonyl (C=O) groups excluding carboxylic acids is 2. The molecular formula is C26H34N2O4. The van der Waals surface area contributed by atoms with Crippen molar-refractivity contribution in [1.29, 1.82) is 0 Å². The summed E-state index contributed by atoms with van der Waals surface area (Å²) in [6, 6.07) is 8.98. The second-order valence-electron chi connectivity index (χ2n) is 9.54. The van der Waals surface area contributed by atoms with Gasteiger partial charge in [-0.05, 0) is 56.9 Å². The molecule has 0 radical (unpaired) electrons. The number of nitrogens with one attached hydrogen (secondary N) is 1. The quantitative estimate of drug-likeness (QED) is 0.526. The van der Waals surface area contributed by atoms with Crippen molar-refractivity contribution >= 4 is 11.8 Å². The monoisotopic (exact) mass is 438 g/mol. The summed E-state index contributed by atoms with van der Waals surface area (Å²) in [4.78, 5) is 27.4. The highest BCUT2D eigenvalue weighted by atomic mass is 16.6. The van der Waals surface area contributed by atoms with E-state index in [9.17, 15) is 9.59 Å². The number of carbonyl (C=O) groups is 2. The van der Waals surface area contributed by atoms with Crippen LogP contribution in [0.15, 0.2) is 30.3 Å². The van der Waals surface area contributed by atoms with Crippen LogP contribution in [0, 0.1) is 26.2 Å². The van der Waals surface area contributed by atoms with Gasteiger partial charge in [-0.15, -0.1) is 0 Å². The van der Waals surface area contributed by atoms with Crippen LogP contribution >= 0.6 is 0 Å². The molecule has 2 amide bonds. The molecule has 0 spiro atoms. The van der Waals surface area contributed by atoms with Gasteiger partial charge in [-0.1, -0.05) is 44.9 Å². The van der Waals surface area contributed by atoms with Crippen molar-refractivity contribution in [1.82, 2.24) is 10.4 Å². The number of fused-ring (bicyclic) bond motifs is 1. The predicted molar refractivity (Wildman–Crippen MR) is 125 cm³/mol. The van der Waals surface area contributed by atoms with Crippen molar-refractivity contribution in [2.24, 2.45) is 5.41 Å². The largest absolute Gasteiger partial charge is 0.486 e. The lowest BCUT2D eigenvalue weighted by atomic mass is 9.85. The Hall–Kier alpha value is -2.86. The fourth-order valence-electron chi connectivity index (χ4n) is 4.10. The highest BCUT2D eigenvalue weighted by Gasteiger charge is 2.33. The Bertz CT molecular complexity index is 1000. The van der Waals surface area contributed by atoms with E-state index >= 15 is 0 Å². The molecule has 2 aromatic carbocycles. The maximum absolute atomic E-state index is 13.8. The second kappa shape index (κ2) is 9.33. The summed E-state index contributed by atoms with van der Waals surface area (Å²) >= 11 is 0. The third-order valence-corrected chi connectivity index (χ3v) is 5.80. The van der Waals surface area contributed by atoms with E-state index in [1.165, 1.54) is 5.01 Å². The van der Waals surface area contributed by atoms with Gasteiger partial charge in [0.1, 0.15) is 13.2 Å². The van der Waals surface area contributed by atoms with Crippen molar-refractivity contribution in [2.45, 2.75) is 60.9 Å². The van der Waals surface area contributed by atoms with Gasteiger partial charge in [0.25, 0.3) is 11.8 Å². The van der Waals surface area contributed by atoms with Crippen molar-refractivity contribution in [2.75, 3.05) is 13.2 Å². The number of nitrogens with zero attached hydrogens (tertiary/aromatic N) is 1. The van der Waals surface area contributed by atoms with Gasteiger partial charge in [0.05, 0.1) is 0 Å². The Morgan fingerprint density at radius 3 is 2.22 bits per heavy atom. The maximum Gasteiger partial charge on any atom is 0.275 e. The average molecular weight is 439 g/mol. The third kappa shape index (κ3) is 4.96. The minimum absolute atomic E-state index is 0.0844. The fraction of sp³-hybridized carbons (Fsp3) is 0.462. The molecule has 1 unspecified atom stereocenters. The van der Waals surface area contributed by atoms with E-state index in [-0.39, 0.29) is 17.4 Å². The van der Waals surface area contributed by atoms with E-state index in [0.717, 1.165) is 17.5 Å². The molecule has 32 heavy (non-hydrogen) atoms. The number of aryl methyl sites for hydroxylation is 2. The van der Waals surface area contributed by atoms with Crippen LogP contribution in [-0.4, -0.2) is 36.1 Å². The molecule has 1 aliphatic rings. The number of hydrazine groups is 1. The number of benzene rings is 2. The normalized spacial score (nSPS) is 14.1. The standard InChI is InChI=1S/C26H34N2O4/c1-8-22(26(5,6)7)27-28(24(29)19-14-16(2)13-17(3)15-19)25(30)20-9-10-21-23(18(20)4)32-12-11-31-21/h9-10,13-15,22,27H,8,11-12H2,1-7H3. The Kier molecular flexibility index (Phi) is 6.94. The molecule has 1 N–H and O–H groups in total. The summed E-state index contributed by atoms with van der Waals surface area (Å²) in [6.45, 7) is 14.9. The van der Waals surface area contributed by atoms with E-state index < -0.39 is 5.91 Å². The SMILES string of the molecule is CCC(NN(C(=O)c1cc(C)cc(C)c1)C(=O)c1ccc2c(c1C)OCCO2)C(C)(C)C. The minimum atomic E-state index is -0.411. The van der Waals surface area contributed by atoms with Crippen LogP contribution in [-0.2, 0) is 0 Å². The molecule has 0 bridgehead atoms. The Morgan fingerprint density at radius 2 is 1.62 bits per heavy atom. The number of ether oxygens (including phenoxy) is 2. The first-order valence-electron chi connectivity index (χ1n) is 11.2. The van der Waals surface area contributed by atoms with Gasteiger partial charge in [0, 0.05) is 22.7 Å². The minimum Gasteiger partial charge on any atom is -0.486 e. The number of hydrogen-bond acceptors (Lipinski definition) is 5. The molecule has 172 valence electrons. The average Bonchev–Trinajstić information content (AvgIpc) is 2.72. The lowest BCUT2D eigenvalue weighted by Gasteiger charge is -2.35. The molecule has 0 saturated carbocycles. The van der Waals surface area contributed by atoms with E-state index in [1.807, 2.05) is 45.9 Å². The first-order chi connectivity index (χ1) is 15.0.